The quantitative estimate of drug-likeness (QED) is 0.487. The van der Waals surface area contributed by atoms with Gasteiger partial charge in [0.1, 0.15) is 0 Å². The molecule has 0 spiro atoms. The van der Waals surface area contributed by atoms with Gasteiger partial charge in [-0.1, -0.05) is 0 Å². The predicted molar refractivity (Wildman–Crippen MR) is 21.3 cm³/mol. The third kappa shape index (κ3) is 5.75. The zero-order chi connectivity index (χ0) is 5.54. The minimum absolute atomic E-state index is 0. The van der Waals surface area contributed by atoms with E-state index in [1.165, 1.54) is 0 Å². The van der Waals surface area contributed by atoms with Gasteiger partial charge in [-0.3, -0.25) is 0 Å². The van der Waals surface area contributed by atoms with Crippen molar-refractivity contribution < 1.29 is 25.1 Å². The molecule has 1 radical (unpaired) electrons. The average molecular weight is 275 g/mol. The minimum Gasteiger partial charge on any atom is -0.999 e. The van der Waals surface area contributed by atoms with E-state index in [1.54, 1.807) is 6.07 Å². The Hall–Kier alpha value is -0.248. The van der Waals surface area contributed by atoms with E-state index in [1.807, 2.05) is 0 Å². The fourth-order valence-electron chi connectivity index (χ4n) is 0.180. The van der Waals surface area contributed by atoms with Crippen LogP contribution in [0.2, 0.25) is 0 Å². The van der Waals surface area contributed by atoms with Crippen molar-refractivity contribution in [2.24, 2.45) is 0 Å². The van der Waals surface area contributed by atoms with Gasteiger partial charge in [0.25, 0.3) is 0 Å². The van der Waals surface area contributed by atoms with E-state index < -0.39 is 0 Å². The van der Waals surface area contributed by atoms with E-state index in [0.29, 0.717) is 0 Å². The SMILES string of the molecule is [C-]#[O+].[Re].[c-]1[c-][c-][cH-][c-]1. The Morgan fingerprint density at radius 3 is 1.62 bits per heavy atom. The van der Waals surface area contributed by atoms with Crippen molar-refractivity contribution in [3.63, 3.8) is 0 Å². The molecule has 0 unspecified atom stereocenters. The van der Waals surface area contributed by atoms with Gasteiger partial charge < -0.3 is 30.3 Å². The van der Waals surface area contributed by atoms with Crippen molar-refractivity contribution in [2.75, 3.05) is 0 Å². The summed E-state index contributed by atoms with van der Waals surface area (Å²) in [6.07, 6.45) is 0. The molecule has 2 heteroatoms. The van der Waals surface area contributed by atoms with E-state index >= 15 is 0 Å². The zero-order valence-electron chi connectivity index (χ0n) is 3.86. The number of rotatable bonds is 0. The predicted octanol–water partition coefficient (Wildman–Crippen LogP) is 0.566. The van der Waals surface area contributed by atoms with Gasteiger partial charge in [0, 0.05) is 20.4 Å². The van der Waals surface area contributed by atoms with Crippen molar-refractivity contribution >= 4 is 0 Å². The molecule has 8 heavy (non-hydrogen) atoms. The standard InChI is InChI=1S/C5H.CO.Re/c1-2-4-5-3-1;1-2;/h1H;;/q-5;;. The summed E-state index contributed by atoms with van der Waals surface area (Å²) in [6, 6.07) is 12.0. The molecule has 0 saturated carbocycles. The van der Waals surface area contributed by atoms with Crippen LogP contribution in [0, 0.1) is 30.9 Å². The molecule has 0 aliphatic carbocycles. The van der Waals surface area contributed by atoms with Crippen LogP contribution in [0.1, 0.15) is 0 Å². The van der Waals surface area contributed by atoms with Crippen molar-refractivity contribution in [2.45, 2.75) is 0 Å². The molecular weight excluding hydrogens is 274 g/mol. The fourth-order valence-corrected chi connectivity index (χ4v) is 0.180. The van der Waals surface area contributed by atoms with Crippen LogP contribution in [-0.4, -0.2) is 0 Å². The average Bonchev–Trinajstić information content (AvgIpc) is 2.23. The topological polar surface area (TPSA) is 19.9 Å². The van der Waals surface area contributed by atoms with Crippen LogP contribution in [0.15, 0.2) is 6.07 Å². The third-order valence-electron chi connectivity index (χ3n) is 0.351. The Morgan fingerprint density at radius 1 is 1.12 bits per heavy atom. The first-order valence-electron chi connectivity index (χ1n) is 1.53. The van der Waals surface area contributed by atoms with Crippen molar-refractivity contribution in [1.29, 1.82) is 0 Å². The summed E-state index contributed by atoms with van der Waals surface area (Å²) in [4.78, 5) is 0. The van der Waals surface area contributed by atoms with Crippen molar-refractivity contribution in [3.8, 4) is 0 Å². The first-order valence-corrected chi connectivity index (χ1v) is 1.53. The molecule has 0 saturated heterocycles. The molecule has 0 fully saturated rings. The van der Waals surface area contributed by atoms with Crippen LogP contribution in [0.5, 0.6) is 0 Å². The maximum absolute atomic E-state index is 7.50. The van der Waals surface area contributed by atoms with Gasteiger partial charge in [-0.05, 0) is 0 Å². The molecule has 1 aromatic rings. The summed E-state index contributed by atoms with van der Waals surface area (Å²) in [7, 11) is 0. The maximum Gasteiger partial charge on any atom is 0 e. The van der Waals surface area contributed by atoms with Crippen LogP contribution in [-0.2, 0) is 25.1 Å². The van der Waals surface area contributed by atoms with E-state index in [2.05, 4.69) is 30.9 Å². The second kappa shape index (κ2) is 9.89. The van der Waals surface area contributed by atoms with E-state index in [9.17, 15) is 0 Å². The Labute approximate surface area is 62.5 Å². The van der Waals surface area contributed by atoms with Crippen molar-refractivity contribution in [3.05, 3.63) is 37.0 Å². The monoisotopic (exact) mass is 276 g/mol. The minimum atomic E-state index is 0. The van der Waals surface area contributed by atoms with Crippen LogP contribution in [0.25, 0.3) is 0 Å². The van der Waals surface area contributed by atoms with Gasteiger partial charge in [-0.25, -0.2) is 0 Å². The molecule has 0 heterocycles. The van der Waals surface area contributed by atoms with Gasteiger partial charge >= 0.3 is 11.3 Å². The molecule has 0 aromatic heterocycles. The summed E-state index contributed by atoms with van der Waals surface area (Å²) in [5.74, 6) is 0. The molecule has 0 atom stereocenters. The molecular formula is C6HORe-5. The summed E-state index contributed by atoms with van der Waals surface area (Å²) >= 11 is 0. The Kier molecular flexibility index (Phi) is 13.2. The van der Waals surface area contributed by atoms with Gasteiger partial charge in [-0.15, -0.1) is 0 Å². The molecule has 0 amide bonds. The van der Waals surface area contributed by atoms with Gasteiger partial charge in [0.2, 0.25) is 0 Å². The molecule has 1 rings (SSSR count). The molecule has 1 aromatic carbocycles. The number of hydrogen-bond donors (Lipinski definition) is 0. The fraction of sp³-hybridized carbons (Fsp3) is 0. The summed E-state index contributed by atoms with van der Waals surface area (Å²) in [6.45, 7) is 4.50. The first-order chi connectivity index (χ1) is 3.50. The molecule has 0 bridgehead atoms. The zero-order valence-corrected chi connectivity index (χ0v) is 6.58. The van der Waals surface area contributed by atoms with E-state index in [0.717, 1.165) is 0 Å². The van der Waals surface area contributed by atoms with Crippen molar-refractivity contribution in [1.82, 2.24) is 0 Å². The Balaban J connectivity index is 0. The molecule has 43 valence electrons. The van der Waals surface area contributed by atoms with Crippen LogP contribution >= 0.6 is 0 Å². The normalized spacial score (nSPS) is 5.25. The molecule has 1 nitrogen and oxygen atoms in total. The second-order valence-electron chi connectivity index (χ2n) is 0.683. The van der Waals surface area contributed by atoms with E-state index in [4.69, 9.17) is 4.65 Å². The second-order valence-corrected chi connectivity index (χ2v) is 0.683. The largest absolute Gasteiger partial charge is 0.999 e. The van der Waals surface area contributed by atoms with Crippen LogP contribution < -0.4 is 0 Å². The summed E-state index contributed by atoms with van der Waals surface area (Å²) < 4.78 is 7.50. The summed E-state index contributed by atoms with van der Waals surface area (Å²) in [5.41, 5.74) is 0. The third-order valence-corrected chi connectivity index (χ3v) is 0.351. The van der Waals surface area contributed by atoms with E-state index in [-0.39, 0.29) is 20.4 Å². The maximum atomic E-state index is 7.50. The molecule has 0 aliphatic rings. The summed E-state index contributed by atoms with van der Waals surface area (Å²) in [5, 5.41) is 0. The van der Waals surface area contributed by atoms with Gasteiger partial charge in [-0.2, -0.15) is 0 Å². The smallest absolute Gasteiger partial charge is 0 e. The van der Waals surface area contributed by atoms with Crippen LogP contribution in [0.4, 0.5) is 0 Å². The molecule has 0 aliphatic heterocycles. The van der Waals surface area contributed by atoms with Gasteiger partial charge in [0.05, 0.1) is 0 Å². The Morgan fingerprint density at radius 2 is 1.50 bits per heavy atom. The number of hydrogen-bond acceptors (Lipinski definition) is 0. The Bertz CT molecular complexity index is 92.1. The van der Waals surface area contributed by atoms with Gasteiger partial charge in [0.15, 0.2) is 0 Å². The first kappa shape index (κ1) is 10.7. The molecule has 0 N–H and O–H groups in total. The van der Waals surface area contributed by atoms with Crippen LogP contribution in [0.3, 0.4) is 0 Å².